The summed E-state index contributed by atoms with van der Waals surface area (Å²) in [7, 11) is 1.62. The van der Waals surface area contributed by atoms with E-state index in [2.05, 4.69) is 41.4 Å². The molecule has 0 aliphatic carbocycles. The van der Waals surface area contributed by atoms with Gasteiger partial charge in [-0.15, -0.1) is 15.3 Å². The van der Waals surface area contributed by atoms with E-state index < -0.39 is 0 Å². The van der Waals surface area contributed by atoms with Gasteiger partial charge in [-0.3, -0.25) is 4.79 Å². The van der Waals surface area contributed by atoms with Gasteiger partial charge in [0.05, 0.1) is 13.7 Å². The van der Waals surface area contributed by atoms with Crippen molar-refractivity contribution in [3.8, 4) is 28.8 Å². The molecule has 35 heavy (non-hydrogen) atoms. The number of rotatable bonds is 9. The van der Waals surface area contributed by atoms with Gasteiger partial charge < -0.3 is 19.5 Å². The summed E-state index contributed by atoms with van der Waals surface area (Å²) in [5, 5.41) is 15.6. The molecule has 0 atom stereocenters. The van der Waals surface area contributed by atoms with Crippen molar-refractivity contribution in [3.63, 3.8) is 0 Å². The molecule has 1 amide bonds. The largest absolute Gasteiger partial charge is 0.497 e. The average molecular weight is 476 g/mol. The van der Waals surface area contributed by atoms with Gasteiger partial charge in [0.1, 0.15) is 18.1 Å². The SMILES string of the molecule is COc1ccc(-c2nnc3ccc(OCCNC(=O)COc4ccc(C(C)(C)C)cc4)nn23)cc1. The monoisotopic (exact) mass is 475 g/mol. The summed E-state index contributed by atoms with van der Waals surface area (Å²) < 4.78 is 18.1. The maximum Gasteiger partial charge on any atom is 0.258 e. The fourth-order valence-corrected chi connectivity index (χ4v) is 3.37. The molecule has 0 aliphatic rings. The van der Waals surface area contributed by atoms with Gasteiger partial charge in [0, 0.05) is 11.6 Å². The number of carbonyl (C=O) groups is 1. The van der Waals surface area contributed by atoms with Crippen LogP contribution in [0.2, 0.25) is 0 Å². The number of methoxy groups -OCH3 is 1. The number of benzene rings is 2. The normalized spacial score (nSPS) is 11.3. The number of ether oxygens (including phenoxy) is 3. The van der Waals surface area contributed by atoms with Crippen LogP contribution in [0.1, 0.15) is 26.3 Å². The smallest absolute Gasteiger partial charge is 0.258 e. The van der Waals surface area contributed by atoms with Crippen LogP contribution in [-0.2, 0) is 10.2 Å². The van der Waals surface area contributed by atoms with Gasteiger partial charge >= 0.3 is 0 Å². The molecule has 0 fully saturated rings. The summed E-state index contributed by atoms with van der Waals surface area (Å²) in [6, 6.07) is 18.8. The third-order valence-corrected chi connectivity index (χ3v) is 5.35. The van der Waals surface area contributed by atoms with E-state index in [1.807, 2.05) is 48.5 Å². The first-order chi connectivity index (χ1) is 16.8. The maximum absolute atomic E-state index is 12.1. The summed E-state index contributed by atoms with van der Waals surface area (Å²) in [6.45, 7) is 6.96. The van der Waals surface area contributed by atoms with Gasteiger partial charge in [0.15, 0.2) is 18.1 Å². The summed E-state index contributed by atoms with van der Waals surface area (Å²) in [4.78, 5) is 12.1. The first-order valence-corrected chi connectivity index (χ1v) is 11.3. The van der Waals surface area contributed by atoms with Crippen molar-refractivity contribution < 1.29 is 19.0 Å². The van der Waals surface area contributed by atoms with Crippen LogP contribution in [0.25, 0.3) is 17.0 Å². The van der Waals surface area contributed by atoms with Crippen LogP contribution in [-0.4, -0.2) is 52.6 Å². The zero-order valence-corrected chi connectivity index (χ0v) is 20.3. The summed E-state index contributed by atoms with van der Waals surface area (Å²) in [5.41, 5.74) is 2.73. The molecule has 2 aromatic heterocycles. The van der Waals surface area contributed by atoms with E-state index in [0.717, 1.165) is 11.3 Å². The summed E-state index contributed by atoms with van der Waals surface area (Å²) in [6.07, 6.45) is 0. The van der Waals surface area contributed by atoms with Gasteiger partial charge in [0.25, 0.3) is 5.91 Å². The van der Waals surface area contributed by atoms with E-state index in [1.165, 1.54) is 5.56 Å². The number of fused-ring (bicyclic) bond motifs is 1. The summed E-state index contributed by atoms with van der Waals surface area (Å²) in [5.74, 6) is 2.18. The lowest BCUT2D eigenvalue weighted by molar-refractivity contribution is -0.123. The third kappa shape index (κ3) is 6.06. The molecule has 182 valence electrons. The number of hydrogen-bond donors (Lipinski definition) is 1. The molecule has 0 saturated heterocycles. The Morgan fingerprint density at radius 2 is 1.63 bits per heavy atom. The number of nitrogens with one attached hydrogen (secondary N) is 1. The van der Waals surface area contributed by atoms with Crippen LogP contribution in [0.4, 0.5) is 0 Å². The molecule has 0 radical (unpaired) electrons. The van der Waals surface area contributed by atoms with Crippen LogP contribution in [0.3, 0.4) is 0 Å². The number of carbonyl (C=O) groups excluding carboxylic acids is 1. The van der Waals surface area contributed by atoms with Crippen LogP contribution < -0.4 is 19.5 Å². The van der Waals surface area contributed by atoms with Crippen molar-refractivity contribution in [2.45, 2.75) is 26.2 Å². The van der Waals surface area contributed by atoms with Crippen LogP contribution in [0.15, 0.2) is 60.7 Å². The Morgan fingerprint density at radius 3 is 2.31 bits per heavy atom. The van der Waals surface area contributed by atoms with Crippen molar-refractivity contribution in [2.75, 3.05) is 26.9 Å². The minimum Gasteiger partial charge on any atom is -0.497 e. The molecular weight excluding hydrogens is 446 g/mol. The number of amides is 1. The van der Waals surface area contributed by atoms with E-state index in [1.54, 1.807) is 23.8 Å². The number of nitrogens with zero attached hydrogens (tertiary/aromatic N) is 4. The summed E-state index contributed by atoms with van der Waals surface area (Å²) >= 11 is 0. The Kier molecular flexibility index (Phi) is 7.14. The Morgan fingerprint density at radius 1 is 0.914 bits per heavy atom. The van der Waals surface area contributed by atoms with E-state index in [-0.39, 0.29) is 24.5 Å². The molecular formula is C26H29N5O4. The van der Waals surface area contributed by atoms with Gasteiger partial charge in [-0.1, -0.05) is 32.9 Å². The van der Waals surface area contributed by atoms with Crippen LogP contribution in [0, 0.1) is 0 Å². The highest BCUT2D eigenvalue weighted by molar-refractivity contribution is 5.77. The minimum absolute atomic E-state index is 0.0645. The highest BCUT2D eigenvalue weighted by atomic mass is 16.5. The van der Waals surface area contributed by atoms with Crippen molar-refractivity contribution in [2.24, 2.45) is 0 Å². The van der Waals surface area contributed by atoms with Gasteiger partial charge in [-0.2, -0.15) is 4.52 Å². The topological polar surface area (TPSA) is 99.9 Å². The predicted molar refractivity (Wildman–Crippen MR) is 132 cm³/mol. The second-order valence-electron chi connectivity index (χ2n) is 8.96. The molecule has 2 aromatic carbocycles. The Balaban J connectivity index is 1.26. The highest BCUT2D eigenvalue weighted by Crippen LogP contribution is 2.24. The Labute approximate surface area is 204 Å². The lowest BCUT2D eigenvalue weighted by Crippen LogP contribution is -2.32. The highest BCUT2D eigenvalue weighted by Gasteiger charge is 2.13. The first kappa shape index (κ1) is 24.0. The van der Waals surface area contributed by atoms with E-state index in [9.17, 15) is 4.79 Å². The number of aromatic nitrogens is 4. The second-order valence-corrected chi connectivity index (χ2v) is 8.96. The van der Waals surface area contributed by atoms with Gasteiger partial charge in [-0.25, -0.2) is 0 Å². The molecule has 0 spiro atoms. The van der Waals surface area contributed by atoms with Gasteiger partial charge in [-0.05, 0) is 53.4 Å². The van der Waals surface area contributed by atoms with Crippen molar-refractivity contribution in [3.05, 3.63) is 66.2 Å². The van der Waals surface area contributed by atoms with E-state index in [4.69, 9.17) is 14.2 Å². The third-order valence-electron chi connectivity index (χ3n) is 5.35. The molecule has 0 unspecified atom stereocenters. The lowest BCUT2D eigenvalue weighted by Gasteiger charge is -2.19. The number of hydrogen-bond acceptors (Lipinski definition) is 7. The van der Waals surface area contributed by atoms with Crippen molar-refractivity contribution in [1.29, 1.82) is 0 Å². The quantitative estimate of drug-likeness (QED) is 0.369. The maximum atomic E-state index is 12.1. The molecule has 9 heteroatoms. The molecule has 1 N–H and O–H groups in total. The molecule has 0 aliphatic heterocycles. The Bertz CT molecular complexity index is 1280. The fraction of sp³-hybridized carbons (Fsp3) is 0.308. The van der Waals surface area contributed by atoms with E-state index in [0.29, 0.717) is 29.6 Å². The standard InChI is InChI=1S/C26H29N5O4/c1-26(2,3)19-7-11-21(12-8-19)35-17-23(32)27-15-16-34-24-14-13-22-28-29-25(31(22)30-24)18-5-9-20(33-4)10-6-18/h5-14H,15-17H2,1-4H3,(H,27,32). The lowest BCUT2D eigenvalue weighted by atomic mass is 9.87. The van der Waals surface area contributed by atoms with Gasteiger partial charge in [0.2, 0.25) is 5.88 Å². The fourth-order valence-electron chi connectivity index (χ4n) is 3.37. The van der Waals surface area contributed by atoms with E-state index >= 15 is 0 Å². The van der Waals surface area contributed by atoms with Crippen molar-refractivity contribution in [1.82, 2.24) is 25.1 Å². The first-order valence-electron chi connectivity index (χ1n) is 11.3. The minimum atomic E-state index is -0.225. The molecule has 4 rings (SSSR count). The van der Waals surface area contributed by atoms with Crippen molar-refractivity contribution >= 4 is 11.6 Å². The molecule has 4 aromatic rings. The molecule has 0 saturated carbocycles. The predicted octanol–water partition coefficient (Wildman–Crippen LogP) is 3.67. The zero-order chi connectivity index (χ0) is 24.8. The van der Waals surface area contributed by atoms with Crippen LogP contribution in [0.5, 0.6) is 17.4 Å². The molecule has 2 heterocycles. The average Bonchev–Trinajstić information content (AvgIpc) is 3.28. The molecule has 0 bridgehead atoms. The van der Waals surface area contributed by atoms with Crippen LogP contribution >= 0.6 is 0 Å². The Hall–Kier alpha value is -4.14. The second kappa shape index (κ2) is 10.4. The zero-order valence-electron chi connectivity index (χ0n) is 20.3. The molecule has 9 nitrogen and oxygen atoms in total.